The first-order chi connectivity index (χ1) is 12.0. The lowest BCUT2D eigenvalue weighted by atomic mass is 10.1. The highest BCUT2D eigenvalue weighted by atomic mass is 32.2. The third-order valence-corrected chi connectivity index (χ3v) is 4.68. The minimum atomic E-state index is -2.14. The first-order valence-corrected chi connectivity index (χ1v) is 9.53. The van der Waals surface area contributed by atoms with Gasteiger partial charge in [0.2, 0.25) is 0 Å². The molecule has 0 heterocycles. The van der Waals surface area contributed by atoms with Crippen molar-refractivity contribution >= 4 is 22.2 Å². The van der Waals surface area contributed by atoms with Crippen LogP contribution in [0.3, 0.4) is 0 Å². The van der Waals surface area contributed by atoms with Crippen LogP contribution in [0.2, 0.25) is 0 Å². The van der Waals surface area contributed by atoms with E-state index < -0.39 is 22.2 Å². The molecule has 0 aromatic heterocycles. The fraction of sp³-hybridized carbons (Fsp3) is 0.0526. The summed E-state index contributed by atoms with van der Waals surface area (Å²) in [5.74, 6) is 0. The molecule has 0 radical (unpaired) electrons. The van der Waals surface area contributed by atoms with E-state index in [2.05, 4.69) is 0 Å². The van der Waals surface area contributed by atoms with Crippen molar-refractivity contribution < 1.29 is 17.5 Å². The molecule has 0 saturated heterocycles. The van der Waals surface area contributed by atoms with Crippen LogP contribution in [0.5, 0.6) is 0 Å². The number of aryl methyl sites for hydroxylation is 1. The summed E-state index contributed by atoms with van der Waals surface area (Å²) in [4.78, 5) is 0.653. The molecule has 0 fully saturated rings. The molecule has 3 aromatic carbocycles. The Bertz CT molecular complexity index is 845. The molecule has 0 saturated carbocycles. The van der Waals surface area contributed by atoms with Crippen LogP contribution in [0.4, 0.5) is 0 Å². The molecule has 2 atom stereocenters. The lowest BCUT2D eigenvalue weighted by Gasteiger charge is -2.06. The maximum atomic E-state index is 10.6. The van der Waals surface area contributed by atoms with Crippen LogP contribution in [-0.2, 0) is 22.2 Å². The quantitative estimate of drug-likeness (QED) is 0.655. The molecular weight excluding hydrogens is 356 g/mol. The van der Waals surface area contributed by atoms with Crippen LogP contribution in [0.1, 0.15) is 5.56 Å². The van der Waals surface area contributed by atoms with E-state index in [1.54, 1.807) is 48.5 Å². The summed E-state index contributed by atoms with van der Waals surface area (Å²) < 4.78 is 41.9. The third kappa shape index (κ3) is 6.03. The third-order valence-electron chi connectivity index (χ3n) is 3.37. The van der Waals surface area contributed by atoms with E-state index in [0.717, 1.165) is 16.7 Å². The Morgan fingerprint density at radius 2 is 1.00 bits per heavy atom. The van der Waals surface area contributed by atoms with Crippen LogP contribution in [0, 0.1) is 6.92 Å². The summed E-state index contributed by atoms with van der Waals surface area (Å²) >= 11 is -4.23. The first kappa shape index (κ1) is 19.2. The monoisotopic (exact) mass is 372 g/mol. The lowest BCUT2D eigenvalue weighted by molar-refractivity contribution is 0.535. The number of hydrogen-bond donors (Lipinski definition) is 0. The van der Waals surface area contributed by atoms with E-state index in [1.165, 1.54) is 0 Å². The molecule has 3 aromatic rings. The minimum Gasteiger partial charge on any atom is -0.768 e. The maximum absolute atomic E-state index is 10.6. The fourth-order valence-electron chi connectivity index (χ4n) is 2.04. The largest absolute Gasteiger partial charge is 0.768 e. The average molecular weight is 372 g/mol. The maximum Gasteiger partial charge on any atom is 0.0249 e. The normalized spacial score (nSPS) is 12.6. The van der Waals surface area contributed by atoms with Gasteiger partial charge in [0.1, 0.15) is 0 Å². The zero-order valence-electron chi connectivity index (χ0n) is 13.5. The van der Waals surface area contributed by atoms with Gasteiger partial charge in [-0.05, 0) is 64.5 Å². The van der Waals surface area contributed by atoms with E-state index in [1.807, 2.05) is 37.3 Å². The molecule has 2 unspecified atom stereocenters. The van der Waals surface area contributed by atoms with Crippen molar-refractivity contribution in [1.82, 2.24) is 0 Å². The molecule has 0 aliphatic carbocycles. The average Bonchev–Trinajstić information content (AvgIpc) is 2.63. The molecule has 0 aliphatic rings. The van der Waals surface area contributed by atoms with Crippen molar-refractivity contribution in [3.05, 3.63) is 84.4 Å². The summed E-state index contributed by atoms with van der Waals surface area (Å²) in [6.45, 7) is 1.91. The standard InChI is InChI=1S/C12H10O2S.C7H8O2S/c13-15(14)12-8-6-11(7-9-12)10-4-2-1-3-5-10;1-6-2-4-7(5-3-6)10(8)9/h1-9H,(H,13,14);2-5H,1H3,(H,8,9)/p-2. The van der Waals surface area contributed by atoms with Crippen LogP contribution < -0.4 is 0 Å². The summed E-state index contributed by atoms with van der Waals surface area (Å²) in [6.07, 6.45) is 0. The number of rotatable bonds is 3. The fourth-order valence-corrected chi connectivity index (χ4v) is 2.76. The van der Waals surface area contributed by atoms with Gasteiger partial charge in [-0.25, -0.2) is 0 Å². The Kier molecular flexibility index (Phi) is 7.21. The number of hydrogen-bond acceptors (Lipinski definition) is 4. The molecule has 0 spiro atoms. The second kappa shape index (κ2) is 9.39. The molecule has 4 nitrogen and oxygen atoms in total. The van der Waals surface area contributed by atoms with Gasteiger partial charge < -0.3 is 9.11 Å². The van der Waals surface area contributed by atoms with Gasteiger partial charge in [-0.1, -0.05) is 60.2 Å². The molecule has 0 bridgehead atoms. The molecule has 25 heavy (non-hydrogen) atoms. The minimum absolute atomic E-state index is 0.315. The van der Waals surface area contributed by atoms with Crippen LogP contribution in [0.15, 0.2) is 88.7 Å². The van der Waals surface area contributed by atoms with Gasteiger partial charge >= 0.3 is 0 Å². The molecule has 6 heteroatoms. The highest BCUT2D eigenvalue weighted by Crippen LogP contribution is 2.19. The summed E-state index contributed by atoms with van der Waals surface area (Å²) in [6, 6.07) is 23.4. The van der Waals surface area contributed by atoms with Crippen molar-refractivity contribution in [2.75, 3.05) is 0 Å². The molecule has 130 valence electrons. The Morgan fingerprint density at radius 3 is 1.44 bits per heavy atom. The highest BCUT2D eigenvalue weighted by Gasteiger charge is 1.96. The van der Waals surface area contributed by atoms with Crippen molar-refractivity contribution in [1.29, 1.82) is 0 Å². The van der Waals surface area contributed by atoms with E-state index in [0.29, 0.717) is 9.79 Å². The molecular formula is C19H16O4S2-2. The summed E-state index contributed by atoms with van der Waals surface area (Å²) in [5, 5.41) is 0. The Labute approximate surface area is 152 Å². The second-order valence-electron chi connectivity index (χ2n) is 5.17. The SMILES string of the molecule is Cc1ccc(S(=O)[O-])cc1.O=S([O-])c1ccc(-c2ccccc2)cc1. The van der Waals surface area contributed by atoms with Crippen LogP contribution in [-0.4, -0.2) is 17.5 Å². The van der Waals surface area contributed by atoms with Gasteiger partial charge in [0.15, 0.2) is 0 Å². The molecule has 0 aliphatic heterocycles. The van der Waals surface area contributed by atoms with Crippen molar-refractivity contribution in [3.63, 3.8) is 0 Å². The highest BCUT2D eigenvalue weighted by molar-refractivity contribution is 7.79. The van der Waals surface area contributed by atoms with Crippen LogP contribution >= 0.6 is 0 Å². The van der Waals surface area contributed by atoms with Gasteiger partial charge in [-0.15, -0.1) is 0 Å². The van der Waals surface area contributed by atoms with E-state index in [9.17, 15) is 17.5 Å². The smallest absolute Gasteiger partial charge is 0.0249 e. The Balaban J connectivity index is 0.000000196. The summed E-state index contributed by atoms with van der Waals surface area (Å²) in [5.41, 5.74) is 3.17. The van der Waals surface area contributed by atoms with Crippen molar-refractivity contribution in [3.8, 4) is 11.1 Å². The van der Waals surface area contributed by atoms with Crippen LogP contribution in [0.25, 0.3) is 11.1 Å². The number of benzene rings is 3. The molecule has 0 amide bonds. The van der Waals surface area contributed by atoms with E-state index >= 15 is 0 Å². The zero-order valence-corrected chi connectivity index (χ0v) is 15.1. The predicted octanol–water partition coefficient (Wildman–Crippen LogP) is 3.82. The Hall–Kier alpha value is -2.12. The lowest BCUT2D eigenvalue weighted by Crippen LogP contribution is -1.87. The Morgan fingerprint density at radius 1 is 0.600 bits per heavy atom. The van der Waals surface area contributed by atoms with Crippen molar-refractivity contribution in [2.45, 2.75) is 16.7 Å². The van der Waals surface area contributed by atoms with E-state index in [-0.39, 0.29) is 0 Å². The van der Waals surface area contributed by atoms with Gasteiger partial charge in [0, 0.05) is 9.79 Å². The summed E-state index contributed by atoms with van der Waals surface area (Å²) in [7, 11) is 0. The molecule has 3 rings (SSSR count). The van der Waals surface area contributed by atoms with Gasteiger partial charge in [-0.2, -0.15) is 0 Å². The van der Waals surface area contributed by atoms with Gasteiger partial charge in [0.25, 0.3) is 0 Å². The predicted molar refractivity (Wildman–Crippen MR) is 97.4 cm³/mol. The van der Waals surface area contributed by atoms with Crippen molar-refractivity contribution in [2.24, 2.45) is 0 Å². The first-order valence-electron chi connectivity index (χ1n) is 7.38. The van der Waals surface area contributed by atoms with Gasteiger partial charge in [-0.3, -0.25) is 8.42 Å². The zero-order chi connectivity index (χ0) is 18.2. The van der Waals surface area contributed by atoms with E-state index in [4.69, 9.17) is 0 Å². The second-order valence-corrected chi connectivity index (χ2v) is 7.05. The topological polar surface area (TPSA) is 80.3 Å². The molecule has 0 N–H and O–H groups in total. The van der Waals surface area contributed by atoms with Gasteiger partial charge in [0.05, 0.1) is 0 Å².